The van der Waals surface area contributed by atoms with Crippen molar-refractivity contribution in [2.45, 2.75) is 13.3 Å². The number of pyridine rings is 2. The van der Waals surface area contributed by atoms with E-state index in [0.717, 1.165) is 52.1 Å². The molecule has 2 N–H and O–H groups in total. The van der Waals surface area contributed by atoms with Crippen molar-refractivity contribution in [1.82, 2.24) is 9.97 Å². The summed E-state index contributed by atoms with van der Waals surface area (Å²) in [5.41, 5.74) is 5.29. The molecule has 0 aliphatic carbocycles. The van der Waals surface area contributed by atoms with Crippen LogP contribution in [0.15, 0.2) is 79.5 Å². The van der Waals surface area contributed by atoms with Gasteiger partial charge in [-0.1, -0.05) is 61.5 Å². The SMILES string of the molecule is C=C(Nc1nc(-c2ccccc2Cl)cc2ncccc12)c1ccccc1NCCC. The second-order valence-electron chi connectivity index (χ2n) is 6.98. The van der Waals surface area contributed by atoms with E-state index in [9.17, 15) is 0 Å². The highest BCUT2D eigenvalue weighted by Crippen LogP contribution is 2.32. The summed E-state index contributed by atoms with van der Waals surface area (Å²) in [6, 6.07) is 21.7. The van der Waals surface area contributed by atoms with Crippen molar-refractivity contribution in [3.8, 4) is 11.3 Å². The van der Waals surface area contributed by atoms with Crippen LogP contribution in [0.2, 0.25) is 5.02 Å². The molecule has 0 atom stereocenters. The Kier molecular flexibility index (Phi) is 5.96. The fourth-order valence-corrected chi connectivity index (χ4v) is 3.58. The van der Waals surface area contributed by atoms with Gasteiger partial charge in [0.1, 0.15) is 5.82 Å². The van der Waals surface area contributed by atoms with E-state index in [1.165, 1.54) is 0 Å². The molecule has 0 fully saturated rings. The Labute approximate surface area is 181 Å². The Hall–Kier alpha value is -3.37. The molecule has 5 heteroatoms. The molecule has 2 heterocycles. The minimum Gasteiger partial charge on any atom is -0.385 e. The number of fused-ring (bicyclic) bond motifs is 1. The summed E-state index contributed by atoms with van der Waals surface area (Å²) in [7, 11) is 0. The normalized spacial score (nSPS) is 10.7. The first kappa shape index (κ1) is 19.9. The number of nitrogens with zero attached hydrogens (tertiary/aromatic N) is 2. The van der Waals surface area contributed by atoms with Crippen LogP contribution in [0.4, 0.5) is 11.5 Å². The second-order valence-corrected chi connectivity index (χ2v) is 7.39. The largest absolute Gasteiger partial charge is 0.385 e. The van der Waals surface area contributed by atoms with E-state index < -0.39 is 0 Å². The molecule has 2 aromatic carbocycles. The first-order valence-electron chi connectivity index (χ1n) is 9.97. The summed E-state index contributed by atoms with van der Waals surface area (Å²) in [6.07, 6.45) is 2.83. The maximum Gasteiger partial charge on any atom is 0.140 e. The number of halogens is 1. The molecule has 4 aromatic rings. The molecule has 0 amide bonds. The summed E-state index contributed by atoms with van der Waals surface area (Å²) >= 11 is 6.43. The van der Waals surface area contributed by atoms with Gasteiger partial charge in [-0.05, 0) is 36.8 Å². The summed E-state index contributed by atoms with van der Waals surface area (Å²) in [5.74, 6) is 0.700. The molecule has 2 aromatic heterocycles. The molecule has 4 rings (SSSR count). The van der Waals surface area contributed by atoms with Crippen LogP contribution in [0.25, 0.3) is 27.9 Å². The lowest BCUT2D eigenvalue weighted by molar-refractivity contribution is 0.979. The molecule has 150 valence electrons. The van der Waals surface area contributed by atoms with Gasteiger partial charge in [0, 0.05) is 45.7 Å². The average molecular weight is 415 g/mol. The maximum atomic E-state index is 6.43. The quantitative estimate of drug-likeness (QED) is 0.347. The Bertz CT molecular complexity index is 1200. The van der Waals surface area contributed by atoms with Gasteiger partial charge in [0.2, 0.25) is 0 Å². The first-order chi connectivity index (χ1) is 14.7. The molecule has 0 aliphatic rings. The van der Waals surface area contributed by atoms with Gasteiger partial charge in [-0.2, -0.15) is 0 Å². The van der Waals surface area contributed by atoms with Crippen molar-refractivity contribution in [3.63, 3.8) is 0 Å². The molecule has 0 spiro atoms. The molecule has 4 nitrogen and oxygen atoms in total. The lowest BCUT2D eigenvalue weighted by Crippen LogP contribution is -2.06. The fraction of sp³-hybridized carbons (Fsp3) is 0.120. The number of para-hydroxylation sites is 1. The number of benzene rings is 2. The fourth-order valence-electron chi connectivity index (χ4n) is 3.35. The van der Waals surface area contributed by atoms with Crippen molar-refractivity contribution < 1.29 is 0 Å². The van der Waals surface area contributed by atoms with Crippen LogP contribution in [0.1, 0.15) is 18.9 Å². The maximum absolute atomic E-state index is 6.43. The Morgan fingerprint density at radius 2 is 1.83 bits per heavy atom. The van der Waals surface area contributed by atoms with E-state index in [2.05, 4.69) is 35.2 Å². The molecule has 0 saturated heterocycles. The minimum absolute atomic E-state index is 0.652. The number of nitrogens with one attached hydrogen (secondary N) is 2. The van der Waals surface area contributed by atoms with Crippen LogP contribution in [-0.2, 0) is 0 Å². The molecule has 0 aliphatic heterocycles. The average Bonchev–Trinajstić information content (AvgIpc) is 2.78. The smallest absolute Gasteiger partial charge is 0.140 e. The van der Waals surface area contributed by atoms with Crippen LogP contribution in [0, 0.1) is 0 Å². The Morgan fingerprint density at radius 1 is 1.03 bits per heavy atom. The van der Waals surface area contributed by atoms with Gasteiger partial charge in [-0.25, -0.2) is 4.98 Å². The van der Waals surface area contributed by atoms with E-state index in [-0.39, 0.29) is 0 Å². The highest BCUT2D eigenvalue weighted by molar-refractivity contribution is 6.33. The van der Waals surface area contributed by atoms with Crippen LogP contribution < -0.4 is 10.6 Å². The van der Waals surface area contributed by atoms with Crippen molar-refractivity contribution in [1.29, 1.82) is 0 Å². The van der Waals surface area contributed by atoms with E-state index in [4.69, 9.17) is 16.6 Å². The third-order valence-corrected chi connectivity index (χ3v) is 5.17. The zero-order valence-corrected chi connectivity index (χ0v) is 17.6. The van der Waals surface area contributed by atoms with Crippen molar-refractivity contribution in [2.24, 2.45) is 0 Å². The Balaban J connectivity index is 1.76. The molecular weight excluding hydrogens is 392 g/mol. The third-order valence-electron chi connectivity index (χ3n) is 4.84. The predicted octanol–water partition coefficient (Wildman–Crippen LogP) is 6.85. The van der Waals surface area contributed by atoms with E-state index in [1.54, 1.807) is 6.20 Å². The summed E-state index contributed by atoms with van der Waals surface area (Å²) in [4.78, 5) is 9.40. The summed E-state index contributed by atoms with van der Waals surface area (Å²) in [6.45, 7) is 7.32. The highest BCUT2D eigenvalue weighted by atomic mass is 35.5. The lowest BCUT2D eigenvalue weighted by atomic mass is 10.1. The van der Waals surface area contributed by atoms with Gasteiger partial charge < -0.3 is 10.6 Å². The molecule has 0 radical (unpaired) electrons. The van der Waals surface area contributed by atoms with Crippen LogP contribution in [-0.4, -0.2) is 16.5 Å². The predicted molar refractivity (Wildman–Crippen MR) is 128 cm³/mol. The van der Waals surface area contributed by atoms with Gasteiger partial charge in [0.25, 0.3) is 0 Å². The summed E-state index contributed by atoms with van der Waals surface area (Å²) < 4.78 is 0. The number of aromatic nitrogens is 2. The Morgan fingerprint density at radius 3 is 2.67 bits per heavy atom. The van der Waals surface area contributed by atoms with E-state index >= 15 is 0 Å². The van der Waals surface area contributed by atoms with Crippen LogP contribution in [0.3, 0.4) is 0 Å². The topological polar surface area (TPSA) is 49.8 Å². The number of rotatable bonds is 7. The standard InChI is InChI=1S/C25H23ClN4/c1-3-14-27-22-13-7-5-9-18(22)17(2)29-25-20-11-8-15-28-23(20)16-24(30-25)19-10-4-6-12-21(19)26/h4-13,15-16,27H,2-3,14H2,1H3,(H,29,30). The summed E-state index contributed by atoms with van der Waals surface area (Å²) in [5, 5.41) is 8.46. The number of anilines is 2. The van der Waals surface area contributed by atoms with E-state index in [0.29, 0.717) is 10.8 Å². The second kappa shape index (κ2) is 8.97. The third kappa shape index (κ3) is 4.14. The highest BCUT2D eigenvalue weighted by Gasteiger charge is 2.13. The van der Waals surface area contributed by atoms with Crippen LogP contribution >= 0.6 is 11.6 Å². The van der Waals surface area contributed by atoms with Crippen LogP contribution in [0.5, 0.6) is 0 Å². The van der Waals surface area contributed by atoms with Crippen molar-refractivity contribution in [2.75, 3.05) is 17.2 Å². The lowest BCUT2D eigenvalue weighted by Gasteiger charge is -2.17. The number of hydrogen-bond acceptors (Lipinski definition) is 4. The molecule has 0 unspecified atom stereocenters. The van der Waals surface area contributed by atoms with Crippen molar-refractivity contribution >= 4 is 39.7 Å². The van der Waals surface area contributed by atoms with Gasteiger partial charge >= 0.3 is 0 Å². The molecule has 0 saturated carbocycles. The monoisotopic (exact) mass is 414 g/mol. The van der Waals surface area contributed by atoms with Gasteiger partial charge in [0.15, 0.2) is 0 Å². The molecule has 30 heavy (non-hydrogen) atoms. The van der Waals surface area contributed by atoms with Gasteiger partial charge in [-0.3, -0.25) is 4.98 Å². The van der Waals surface area contributed by atoms with E-state index in [1.807, 2.05) is 60.7 Å². The minimum atomic E-state index is 0.652. The van der Waals surface area contributed by atoms with Crippen molar-refractivity contribution in [3.05, 3.63) is 90.1 Å². The zero-order valence-electron chi connectivity index (χ0n) is 16.8. The van der Waals surface area contributed by atoms with Gasteiger partial charge in [0.05, 0.1) is 11.2 Å². The van der Waals surface area contributed by atoms with Gasteiger partial charge in [-0.15, -0.1) is 0 Å². The molecular formula is C25H23ClN4. The number of hydrogen-bond donors (Lipinski definition) is 2. The first-order valence-corrected chi connectivity index (χ1v) is 10.3. The molecule has 0 bridgehead atoms. The zero-order chi connectivity index (χ0) is 20.9.